The summed E-state index contributed by atoms with van der Waals surface area (Å²) in [4.78, 5) is 18.5. The SMILES string of the molecule is CCNC(=NCC(=O)Nc1ccccc1)N1CCN(S(=O)(=O)Cc2ccon2)CC1. The lowest BCUT2D eigenvalue weighted by atomic mass is 10.3. The predicted octanol–water partition coefficient (Wildman–Crippen LogP) is 0.726. The standard InChI is InChI=1S/C19H26N6O4S/c1-2-20-19(21-14-18(26)22-16-6-4-3-5-7-16)24-9-11-25(12-10-24)30(27,28)15-17-8-13-29-23-17/h3-8,13H,2,9-12,14-15H2,1H3,(H,20,21)(H,22,26). The van der Waals surface area contributed by atoms with Crippen LogP contribution in [0.4, 0.5) is 5.69 Å². The number of benzene rings is 1. The lowest BCUT2D eigenvalue weighted by Gasteiger charge is -2.35. The van der Waals surface area contributed by atoms with Crippen LogP contribution >= 0.6 is 0 Å². The van der Waals surface area contributed by atoms with Crippen LogP contribution in [-0.2, 0) is 20.6 Å². The fourth-order valence-electron chi connectivity index (χ4n) is 3.06. The van der Waals surface area contributed by atoms with Crippen LogP contribution in [-0.4, -0.2) is 73.9 Å². The molecule has 0 bridgehead atoms. The van der Waals surface area contributed by atoms with Crippen molar-refractivity contribution in [3.63, 3.8) is 0 Å². The Kier molecular flexibility index (Phi) is 7.41. The summed E-state index contributed by atoms with van der Waals surface area (Å²) in [5, 5.41) is 9.64. The monoisotopic (exact) mass is 434 g/mol. The fourth-order valence-corrected chi connectivity index (χ4v) is 4.49. The molecule has 1 aromatic carbocycles. The van der Waals surface area contributed by atoms with Crippen LogP contribution in [0.1, 0.15) is 12.6 Å². The first kappa shape index (κ1) is 21.8. The van der Waals surface area contributed by atoms with Gasteiger partial charge in [-0.2, -0.15) is 4.31 Å². The molecule has 2 N–H and O–H groups in total. The van der Waals surface area contributed by atoms with Crippen molar-refractivity contribution in [2.24, 2.45) is 4.99 Å². The molecule has 30 heavy (non-hydrogen) atoms. The second-order valence-corrected chi connectivity index (χ2v) is 8.69. The summed E-state index contributed by atoms with van der Waals surface area (Å²) < 4.78 is 31.3. The average Bonchev–Trinajstić information content (AvgIpc) is 3.24. The molecule has 162 valence electrons. The molecule has 1 saturated heterocycles. The quantitative estimate of drug-likeness (QED) is 0.487. The predicted molar refractivity (Wildman–Crippen MR) is 113 cm³/mol. The van der Waals surface area contributed by atoms with E-state index in [1.165, 1.54) is 10.6 Å². The van der Waals surface area contributed by atoms with Gasteiger partial charge in [0.25, 0.3) is 0 Å². The van der Waals surface area contributed by atoms with Gasteiger partial charge in [-0.15, -0.1) is 0 Å². The first-order valence-electron chi connectivity index (χ1n) is 9.73. The van der Waals surface area contributed by atoms with E-state index in [0.29, 0.717) is 50.1 Å². The van der Waals surface area contributed by atoms with Gasteiger partial charge in [0, 0.05) is 44.5 Å². The third-order valence-electron chi connectivity index (χ3n) is 4.52. The highest BCUT2D eigenvalue weighted by atomic mass is 32.2. The van der Waals surface area contributed by atoms with Gasteiger partial charge in [-0.1, -0.05) is 23.4 Å². The van der Waals surface area contributed by atoms with Crippen molar-refractivity contribution in [2.45, 2.75) is 12.7 Å². The van der Waals surface area contributed by atoms with Crippen molar-refractivity contribution >= 4 is 27.6 Å². The number of hydrogen-bond donors (Lipinski definition) is 2. The summed E-state index contributed by atoms with van der Waals surface area (Å²) in [6.45, 7) is 4.18. The Bertz CT molecular complexity index is 939. The highest BCUT2D eigenvalue weighted by molar-refractivity contribution is 7.88. The first-order chi connectivity index (χ1) is 14.5. The van der Waals surface area contributed by atoms with Gasteiger partial charge in [-0.25, -0.2) is 13.4 Å². The van der Waals surface area contributed by atoms with Gasteiger partial charge in [-0.05, 0) is 19.1 Å². The Morgan fingerprint density at radius 2 is 1.90 bits per heavy atom. The summed E-state index contributed by atoms with van der Waals surface area (Å²) in [6, 6.07) is 10.7. The molecule has 0 spiro atoms. The van der Waals surface area contributed by atoms with E-state index in [2.05, 4.69) is 20.8 Å². The Morgan fingerprint density at radius 3 is 2.53 bits per heavy atom. The molecule has 0 atom stereocenters. The Morgan fingerprint density at radius 1 is 1.17 bits per heavy atom. The molecule has 1 aliphatic rings. The summed E-state index contributed by atoms with van der Waals surface area (Å²) in [7, 11) is -3.47. The van der Waals surface area contributed by atoms with E-state index < -0.39 is 10.0 Å². The molecule has 11 heteroatoms. The largest absolute Gasteiger partial charge is 0.364 e. The number of aliphatic imine (C=N–C) groups is 1. The third-order valence-corrected chi connectivity index (χ3v) is 6.33. The number of para-hydroxylation sites is 1. The van der Waals surface area contributed by atoms with E-state index in [1.807, 2.05) is 42.2 Å². The number of carbonyl (C=O) groups excluding carboxylic acids is 1. The summed E-state index contributed by atoms with van der Waals surface area (Å²) in [5.41, 5.74) is 1.10. The van der Waals surface area contributed by atoms with Crippen molar-refractivity contribution in [3.8, 4) is 0 Å². The number of hydrogen-bond acceptors (Lipinski definition) is 6. The highest BCUT2D eigenvalue weighted by Gasteiger charge is 2.29. The van der Waals surface area contributed by atoms with E-state index in [4.69, 9.17) is 4.52 Å². The number of rotatable bonds is 7. The second kappa shape index (κ2) is 10.2. The number of piperazine rings is 1. The van der Waals surface area contributed by atoms with Gasteiger partial charge >= 0.3 is 0 Å². The van der Waals surface area contributed by atoms with Gasteiger partial charge in [0.1, 0.15) is 18.6 Å². The minimum atomic E-state index is -3.47. The van der Waals surface area contributed by atoms with E-state index in [9.17, 15) is 13.2 Å². The van der Waals surface area contributed by atoms with Gasteiger partial charge < -0.3 is 20.1 Å². The van der Waals surface area contributed by atoms with Crippen LogP contribution in [0.3, 0.4) is 0 Å². The molecule has 1 aliphatic heterocycles. The van der Waals surface area contributed by atoms with Crippen LogP contribution in [0.2, 0.25) is 0 Å². The van der Waals surface area contributed by atoms with Crippen LogP contribution in [0.25, 0.3) is 0 Å². The van der Waals surface area contributed by atoms with Crippen LogP contribution < -0.4 is 10.6 Å². The molecule has 0 radical (unpaired) electrons. The zero-order valence-electron chi connectivity index (χ0n) is 16.8. The maximum atomic E-state index is 12.6. The molecule has 0 unspecified atom stereocenters. The molecule has 1 amide bonds. The molecule has 1 fully saturated rings. The number of nitrogens with one attached hydrogen (secondary N) is 2. The first-order valence-corrected chi connectivity index (χ1v) is 11.3. The summed E-state index contributed by atoms with van der Waals surface area (Å²) in [6.07, 6.45) is 1.36. The molecule has 3 rings (SSSR count). The van der Waals surface area contributed by atoms with E-state index in [1.54, 1.807) is 6.07 Å². The fraction of sp³-hybridized carbons (Fsp3) is 0.421. The van der Waals surface area contributed by atoms with Crippen LogP contribution in [0, 0.1) is 0 Å². The lowest BCUT2D eigenvalue weighted by Crippen LogP contribution is -2.54. The minimum Gasteiger partial charge on any atom is -0.364 e. The van der Waals surface area contributed by atoms with Gasteiger partial charge in [0.2, 0.25) is 15.9 Å². The lowest BCUT2D eigenvalue weighted by molar-refractivity contribution is -0.114. The van der Waals surface area contributed by atoms with Crippen molar-refractivity contribution < 1.29 is 17.7 Å². The van der Waals surface area contributed by atoms with E-state index in [0.717, 1.165) is 0 Å². The summed E-state index contributed by atoms with van der Waals surface area (Å²) in [5.74, 6) is 0.191. The van der Waals surface area contributed by atoms with E-state index >= 15 is 0 Å². The highest BCUT2D eigenvalue weighted by Crippen LogP contribution is 2.13. The number of carbonyl (C=O) groups is 1. The van der Waals surface area contributed by atoms with Crippen molar-refractivity contribution in [2.75, 3.05) is 44.6 Å². The minimum absolute atomic E-state index is 0.0259. The van der Waals surface area contributed by atoms with Gasteiger partial charge in [0.15, 0.2) is 5.96 Å². The number of amides is 1. The number of anilines is 1. The number of sulfonamides is 1. The zero-order chi connectivity index (χ0) is 21.4. The molecule has 0 aliphatic carbocycles. The normalized spacial score (nSPS) is 15.8. The average molecular weight is 435 g/mol. The number of aromatic nitrogens is 1. The smallest absolute Gasteiger partial charge is 0.246 e. The Labute approximate surface area is 176 Å². The molecular weight excluding hydrogens is 408 g/mol. The van der Waals surface area contributed by atoms with Crippen LogP contribution in [0.5, 0.6) is 0 Å². The molecular formula is C19H26N6O4S. The number of guanidine groups is 1. The van der Waals surface area contributed by atoms with Crippen molar-refractivity contribution in [3.05, 3.63) is 48.4 Å². The molecule has 10 nitrogen and oxygen atoms in total. The van der Waals surface area contributed by atoms with Crippen molar-refractivity contribution in [1.29, 1.82) is 0 Å². The molecule has 1 aromatic heterocycles. The Hall–Kier alpha value is -2.92. The molecule has 0 saturated carbocycles. The number of nitrogens with zero attached hydrogens (tertiary/aromatic N) is 4. The maximum absolute atomic E-state index is 12.6. The zero-order valence-corrected chi connectivity index (χ0v) is 17.6. The molecule has 2 heterocycles. The maximum Gasteiger partial charge on any atom is 0.246 e. The topological polar surface area (TPSA) is 120 Å². The van der Waals surface area contributed by atoms with Gasteiger partial charge in [0.05, 0.1) is 5.69 Å². The van der Waals surface area contributed by atoms with Gasteiger partial charge in [-0.3, -0.25) is 4.79 Å². The molecule has 2 aromatic rings. The van der Waals surface area contributed by atoms with E-state index in [-0.39, 0.29) is 18.2 Å². The van der Waals surface area contributed by atoms with Crippen LogP contribution in [0.15, 0.2) is 52.2 Å². The second-order valence-electron chi connectivity index (χ2n) is 6.72. The summed E-state index contributed by atoms with van der Waals surface area (Å²) >= 11 is 0. The van der Waals surface area contributed by atoms with Crippen molar-refractivity contribution in [1.82, 2.24) is 19.7 Å². The Balaban J connectivity index is 1.55. The third kappa shape index (κ3) is 6.04.